The van der Waals surface area contributed by atoms with E-state index < -0.39 is 12.0 Å². The number of benzene rings is 1. The molecule has 1 amide bonds. The summed E-state index contributed by atoms with van der Waals surface area (Å²) in [6, 6.07) is 8.67. The van der Waals surface area contributed by atoms with Crippen LogP contribution in [0.3, 0.4) is 0 Å². The average molecular weight is 290 g/mol. The molecule has 21 heavy (non-hydrogen) atoms. The molecule has 1 saturated heterocycles. The Morgan fingerprint density at radius 2 is 2.10 bits per heavy atom. The topological polar surface area (TPSA) is 69.6 Å². The zero-order valence-electron chi connectivity index (χ0n) is 12.3. The molecule has 1 aromatic rings. The van der Waals surface area contributed by atoms with Gasteiger partial charge in [0.1, 0.15) is 6.04 Å². The summed E-state index contributed by atoms with van der Waals surface area (Å²) in [5.41, 5.74) is 0.657. The van der Waals surface area contributed by atoms with Gasteiger partial charge in [-0.15, -0.1) is 0 Å². The Morgan fingerprint density at radius 1 is 1.38 bits per heavy atom. The van der Waals surface area contributed by atoms with Gasteiger partial charge in [0.2, 0.25) is 0 Å². The van der Waals surface area contributed by atoms with Crippen molar-refractivity contribution in [2.45, 2.75) is 25.8 Å². The van der Waals surface area contributed by atoms with Crippen molar-refractivity contribution in [3.05, 3.63) is 35.9 Å². The number of piperidine rings is 1. The maximum absolute atomic E-state index is 12.0. The molecule has 2 atom stereocenters. The van der Waals surface area contributed by atoms with E-state index in [0.717, 1.165) is 25.9 Å². The van der Waals surface area contributed by atoms with Crippen LogP contribution in [0.1, 0.15) is 30.1 Å². The first-order chi connectivity index (χ1) is 10.1. The van der Waals surface area contributed by atoms with Gasteiger partial charge in [0, 0.05) is 18.7 Å². The number of hydrogen-bond donors (Lipinski definition) is 2. The van der Waals surface area contributed by atoms with E-state index in [1.807, 2.05) is 23.1 Å². The van der Waals surface area contributed by atoms with E-state index >= 15 is 0 Å². The van der Waals surface area contributed by atoms with Crippen LogP contribution in [0.25, 0.3) is 0 Å². The van der Waals surface area contributed by atoms with E-state index in [1.165, 1.54) is 0 Å². The molecular weight excluding hydrogens is 268 g/mol. The van der Waals surface area contributed by atoms with Gasteiger partial charge in [0.25, 0.3) is 5.91 Å². The molecule has 2 N–H and O–H groups in total. The third-order valence-corrected chi connectivity index (χ3v) is 4.04. The Labute approximate surface area is 125 Å². The molecule has 114 valence electrons. The Kier molecular flexibility index (Phi) is 5.33. The zero-order chi connectivity index (χ0) is 15.2. The highest BCUT2D eigenvalue weighted by atomic mass is 16.4. The number of aliphatic carboxylic acids is 1. The van der Waals surface area contributed by atoms with Crippen molar-refractivity contribution in [1.82, 2.24) is 10.2 Å². The second-order valence-electron chi connectivity index (χ2n) is 5.59. The van der Waals surface area contributed by atoms with E-state index in [-0.39, 0.29) is 5.91 Å². The summed E-state index contributed by atoms with van der Waals surface area (Å²) in [4.78, 5) is 25.0. The first-order valence-electron chi connectivity index (χ1n) is 7.38. The Morgan fingerprint density at radius 3 is 2.76 bits per heavy atom. The van der Waals surface area contributed by atoms with Crippen LogP contribution in [-0.2, 0) is 4.79 Å². The third kappa shape index (κ3) is 4.29. The number of amides is 1. The highest BCUT2D eigenvalue weighted by molar-refractivity contribution is 5.94. The molecule has 5 heteroatoms. The molecule has 1 aliphatic heterocycles. The maximum Gasteiger partial charge on any atom is 0.320 e. The molecular formula is C16H22N2O3. The van der Waals surface area contributed by atoms with Crippen molar-refractivity contribution in [1.29, 1.82) is 0 Å². The van der Waals surface area contributed by atoms with Gasteiger partial charge in [-0.25, -0.2) is 0 Å². The predicted molar refractivity (Wildman–Crippen MR) is 80.2 cm³/mol. The summed E-state index contributed by atoms with van der Waals surface area (Å²) in [6.07, 6.45) is 2.00. The van der Waals surface area contributed by atoms with E-state index in [0.29, 0.717) is 18.0 Å². The Hall–Kier alpha value is -1.88. The first kappa shape index (κ1) is 15.5. The molecule has 0 aromatic heterocycles. The fraction of sp³-hybridized carbons (Fsp3) is 0.500. The van der Waals surface area contributed by atoms with Crippen molar-refractivity contribution in [2.75, 3.05) is 19.6 Å². The van der Waals surface area contributed by atoms with Gasteiger partial charge >= 0.3 is 5.97 Å². The fourth-order valence-electron chi connectivity index (χ4n) is 2.70. The predicted octanol–water partition coefficient (Wildman–Crippen LogP) is 1.60. The maximum atomic E-state index is 12.0. The second kappa shape index (κ2) is 7.22. The van der Waals surface area contributed by atoms with Crippen molar-refractivity contribution >= 4 is 11.9 Å². The number of carboxylic acids is 1. The van der Waals surface area contributed by atoms with Crippen LogP contribution in [-0.4, -0.2) is 47.6 Å². The van der Waals surface area contributed by atoms with Gasteiger partial charge in [-0.1, -0.05) is 18.2 Å². The summed E-state index contributed by atoms with van der Waals surface area (Å²) in [5, 5.41) is 12.0. The number of carbonyl (C=O) groups is 2. The lowest BCUT2D eigenvalue weighted by atomic mass is 9.96. The van der Waals surface area contributed by atoms with Crippen LogP contribution >= 0.6 is 0 Å². The van der Waals surface area contributed by atoms with E-state index in [2.05, 4.69) is 5.32 Å². The summed E-state index contributed by atoms with van der Waals surface area (Å²) >= 11 is 0. The number of hydrogen-bond acceptors (Lipinski definition) is 3. The average Bonchev–Trinajstić information content (AvgIpc) is 2.53. The Bertz CT molecular complexity index is 490. The number of nitrogens with zero attached hydrogens (tertiary/aromatic N) is 1. The van der Waals surface area contributed by atoms with Crippen molar-refractivity contribution in [2.24, 2.45) is 5.92 Å². The third-order valence-electron chi connectivity index (χ3n) is 4.04. The van der Waals surface area contributed by atoms with E-state index in [4.69, 9.17) is 5.11 Å². The quantitative estimate of drug-likeness (QED) is 0.864. The molecule has 0 unspecified atom stereocenters. The SMILES string of the molecule is C[C@@H](C(=O)O)N1CCC[C@@H](CNC(=O)c2ccccc2)C1. The molecule has 0 spiro atoms. The van der Waals surface area contributed by atoms with Crippen LogP contribution in [0.4, 0.5) is 0 Å². The number of carbonyl (C=O) groups excluding carboxylic acids is 1. The number of nitrogens with one attached hydrogen (secondary N) is 1. The monoisotopic (exact) mass is 290 g/mol. The summed E-state index contributed by atoms with van der Waals surface area (Å²) < 4.78 is 0. The molecule has 0 bridgehead atoms. The lowest BCUT2D eigenvalue weighted by Gasteiger charge is -2.35. The van der Waals surface area contributed by atoms with Crippen LogP contribution < -0.4 is 5.32 Å². The molecule has 1 aliphatic rings. The largest absolute Gasteiger partial charge is 0.480 e. The minimum Gasteiger partial charge on any atom is -0.480 e. The van der Waals surface area contributed by atoms with Gasteiger partial charge in [-0.05, 0) is 44.4 Å². The summed E-state index contributed by atoms with van der Waals surface area (Å²) in [5.74, 6) is -0.545. The highest BCUT2D eigenvalue weighted by Crippen LogP contribution is 2.18. The zero-order valence-corrected chi connectivity index (χ0v) is 12.3. The molecule has 0 aliphatic carbocycles. The molecule has 1 heterocycles. The second-order valence-corrected chi connectivity index (χ2v) is 5.59. The lowest BCUT2D eigenvalue weighted by molar-refractivity contribution is -0.143. The van der Waals surface area contributed by atoms with Gasteiger partial charge in [-0.2, -0.15) is 0 Å². The van der Waals surface area contributed by atoms with Gasteiger partial charge in [0.05, 0.1) is 0 Å². The van der Waals surface area contributed by atoms with Crippen LogP contribution in [0, 0.1) is 5.92 Å². The number of rotatable bonds is 5. The standard InChI is InChI=1S/C16H22N2O3/c1-12(16(20)21)18-9-5-6-13(11-18)10-17-15(19)14-7-3-2-4-8-14/h2-4,7-8,12-13H,5-6,9-11H2,1H3,(H,17,19)(H,20,21)/t12-,13-/m0/s1. The minimum absolute atomic E-state index is 0.0704. The van der Waals surface area contributed by atoms with Crippen molar-refractivity contribution in [3.63, 3.8) is 0 Å². The molecule has 1 fully saturated rings. The van der Waals surface area contributed by atoms with Crippen molar-refractivity contribution < 1.29 is 14.7 Å². The summed E-state index contributed by atoms with van der Waals surface area (Å²) in [7, 11) is 0. The molecule has 1 aromatic carbocycles. The van der Waals surface area contributed by atoms with Gasteiger partial charge in [0.15, 0.2) is 0 Å². The summed E-state index contributed by atoms with van der Waals surface area (Å²) in [6.45, 7) is 3.85. The molecule has 0 radical (unpaired) electrons. The van der Waals surface area contributed by atoms with Crippen LogP contribution in [0.5, 0.6) is 0 Å². The van der Waals surface area contributed by atoms with E-state index in [1.54, 1.807) is 19.1 Å². The van der Waals surface area contributed by atoms with Crippen molar-refractivity contribution in [3.8, 4) is 0 Å². The number of likely N-dealkylation sites (tertiary alicyclic amines) is 1. The smallest absolute Gasteiger partial charge is 0.320 e. The minimum atomic E-state index is -0.788. The Balaban J connectivity index is 1.83. The van der Waals surface area contributed by atoms with Gasteiger partial charge in [-0.3, -0.25) is 14.5 Å². The van der Waals surface area contributed by atoms with Crippen LogP contribution in [0.15, 0.2) is 30.3 Å². The number of carboxylic acid groups (broad SMARTS) is 1. The van der Waals surface area contributed by atoms with E-state index in [9.17, 15) is 9.59 Å². The highest BCUT2D eigenvalue weighted by Gasteiger charge is 2.27. The molecule has 2 rings (SSSR count). The fourth-order valence-corrected chi connectivity index (χ4v) is 2.70. The molecule has 5 nitrogen and oxygen atoms in total. The normalized spacial score (nSPS) is 20.7. The first-order valence-corrected chi connectivity index (χ1v) is 7.38. The molecule has 0 saturated carbocycles. The lowest BCUT2D eigenvalue weighted by Crippen LogP contribution is -2.47. The van der Waals surface area contributed by atoms with Crippen LogP contribution in [0.2, 0.25) is 0 Å². The van der Waals surface area contributed by atoms with Gasteiger partial charge < -0.3 is 10.4 Å².